The summed E-state index contributed by atoms with van der Waals surface area (Å²) in [5, 5.41) is 6.07. The Balaban J connectivity index is 1.69. The van der Waals surface area contributed by atoms with E-state index in [4.69, 9.17) is 14.7 Å². The summed E-state index contributed by atoms with van der Waals surface area (Å²) in [5.41, 5.74) is 1.29. The van der Waals surface area contributed by atoms with Crippen molar-refractivity contribution in [2.24, 2.45) is 5.92 Å². The van der Waals surface area contributed by atoms with Crippen LogP contribution in [-0.2, 0) is 4.74 Å². The second-order valence-corrected chi connectivity index (χ2v) is 7.97. The minimum atomic E-state index is -0.481. The van der Waals surface area contributed by atoms with Crippen LogP contribution in [0.15, 0.2) is 24.3 Å². The van der Waals surface area contributed by atoms with E-state index in [1.54, 1.807) is 0 Å². The third-order valence-electron chi connectivity index (χ3n) is 4.54. The number of nitrogens with one attached hydrogen (secondary N) is 2. The summed E-state index contributed by atoms with van der Waals surface area (Å²) >= 11 is 0. The molecule has 27 heavy (non-hydrogen) atoms. The maximum absolute atomic E-state index is 11.9. The largest absolute Gasteiger partial charge is 0.444 e. The van der Waals surface area contributed by atoms with Gasteiger partial charge in [-0.3, -0.25) is 0 Å². The number of rotatable bonds is 4. The summed E-state index contributed by atoms with van der Waals surface area (Å²) in [4.78, 5) is 23.7. The number of ether oxygens (including phenoxy) is 1. The lowest BCUT2D eigenvalue weighted by atomic mass is 9.98. The third-order valence-corrected chi connectivity index (χ3v) is 4.54. The van der Waals surface area contributed by atoms with Crippen LogP contribution in [0.3, 0.4) is 0 Å². The smallest absolute Gasteiger partial charge is 0.407 e. The number of alkyl carbamates (subject to hydrolysis) is 1. The zero-order chi connectivity index (χ0) is 19.4. The molecule has 1 fully saturated rings. The predicted molar refractivity (Wildman–Crippen MR) is 108 cm³/mol. The van der Waals surface area contributed by atoms with Gasteiger partial charge in [0.25, 0.3) is 0 Å². The normalized spacial score (nSPS) is 17.6. The fourth-order valence-corrected chi connectivity index (χ4v) is 3.34. The van der Waals surface area contributed by atoms with Crippen molar-refractivity contribution in [3.05, 3.63) is 24.3 Å². The molecule has 146 valence electrons. The molecule has 0 unspecified atom stereocenters. The molecule has 1 aliphatic rings. The van der Waals surface area contributed by atoms with Gasteiger partial charge in [-0.2, -0.15) is 0 Å². The van der Waals surface area contributed by atoms with Crippen molar-refractivity contribution < 1.29 is 9.53 Å². The van der Waals surface area contributed by atoms with Gasteiger partial charge in [-0.1, -0.05) is 12.1 Å². The fraction of sp³-hybridized carbons (Fsp3) is 0.550. The third kappa shape index (κ3) is 4.99. The van der Waals surface area contributed by atoms with Gasteiger partial charge in [0.1, 0.15) is 5.60 Å². The van der Waals surface area contributed by atoms with E-state index in [0.29, 0.717) is 12.5 Å². The summed E-state index contributed by atoms with van der Waals surface area (Å²) in [6.07, 6.45) is 1.77. The summed E-state index contributed by atoms with van der Waals surface area (Å²) < 4.78 is 5.33. The SMILES string of the molecule is CNc1nc2ccccc2nc1N1CCC[C@@H](CNC(=O)OC(C)(C)C)C1. The molecular formula is C20H29N5O2. The Bertz CT molecular complexity index is 803. The lowest BCUT2D eigenvalue weighted by Crippen LogP contribution is -2.42. The standard InChI is InChI=1S/C20H29N5O2/c1-20(2,3)27-19(26)22-12-14-8-7-11-25(13-14)18-17(21-4)23-15-9-5-6-10-16(15)24-18/h5-6,9-10,14H,7-8,11-13H2,1-4H3,(H,21,23)(H,22,26)/t14-/m0/s1. The Morgan fingerprint density at radius 3 is 2.63 bits per heavy atom. The highest BCUT2D eigenvalue weighted by molar-refractivity contribution is 5.80. The molecule has 1 atom stereocenters. The fourth-order valence-electron chi connectivity index (χ4n) is 3.34. The molecule has 2 aromatic rings. The average Bonchev–Trinajstić information content (AvgIpc) is 2.64. The Kier molecular flexibility index (Phi) is 5.68. The predicted octanol–water partition coefficient (Wildman–Crippen LogP) is 3.41. The molecule has 2 N–H and O–H groups in total. The van der Waals surface area contributed by atoms with Gasteiger partial charge < -0.3 is 20.3 Å². The molecule has 1 saturated heterocycles. The number of aromatic nitrogens is 2. The van der Waals surface area contributed by atoms with Gasteiger partial charge in [0.15, 0.2) is 11.6 Å². The van der Waals surface area contributed by atoms with Gasteiger partial charge in [0, 0.05) is 26.7 Å². The summed E-state index contributed by atoms with van der Waals surface area (Å²) in [7, 11) is 1.87. The van der Waals surface area contributed by atoms with E-state index in [1.165, 1.54) is 0 Å². The van der Waals surface area contributed by atoms with Crippen LogP contribution in [-0.4, -0.2) is 48.3 Å². The number of carbonyl (C=O) groups is 1. The molecule has 0 saturated carbocycles. The Hall–Kier alpha value is -2.57. The topological polar surface area (TPSA) is 79.4 Å². The van der Waals surface area contributed by atoms with Crippen LogP contribution in [0.2, 0.25) is 0 Å². The number of fused-ring (bicyclic) bond motifs is 1. The van der Waals surface area contributed by atoms with Crippen LogP contribution >= 0.6 is 0 Å². The molecule has 7 heteroatoms. The number of para-hydroxylation sites is 2. The first-order chi connectivity index (χ1) is 12.9. The average molecular weight is 371 g/mol. The second-order valence-electron chi connectivity index (χ2n) is 7.97. The van der Waals surface area contributed by atoms with Crippen LogP contribution in [0, 0.1) is 5.92 Å². The lowest BCUT2D eigenvalue weighted by Gasteiger charge is -2.34. The number of benzene rings is 1. The number of hydrogen-bond acceptors (Lipinski definition) is 6. The molecule has 3 rings (SSSR count). The highest BCUT2D eigenvalue weighted by Gasteiger charge is 2.25. The maximum atomic E-state index is 11.9. The van der Waals surface area contributed by atoms with E-state index in [2.05, 4.69) is 15.5 Å². The zero-order valence-electron chi connectivity index (χ0n) is 16.6. The summed E-state index contributed by atoms with van der Waals surface area (Å²) in [6.45, 7) is 7.97. The van der Waals surface area contributed by atoms with Gasteiger partial charge in [0.05, 0.1) is 11.0 Å². The quantitative estimate of drug-likeness (QED) is 0.857. The number of nitrogens with zero attached hydrogens (tertiary/aromatic N) is 3. The molecule has 1 aromatic heterocycles. The van der Waals surface area contributed by atoms with Gasteiger partial charge in [-0.05, 0) is 51.7 Å². The molecule has 0 aliphatic carbocycles. The van der Waals surface area contributed by atoms with Gasteiger partial charge in [-0.25, -0.2) is 14.8 Å². The van der Waals surface area contributed by atoms with E-state index >= 15 is 0 Å². The highest BCUT2D eigenvalue weighted by Crippen LogP contribution is 2.28. The van der Waals surface area contributed by atoms with E-state index in [0.717, 1.165) is 48.6 Å². The molecule has 1 aromatic carbocycles. The first-order valence-corrected chi connectivity index (χ1v) is 9.52. The number of carbonyl (C=O) groups excluding carboxylic acids is 1. The van der Waals surface area contributed by atoms with E-state index < -0.39 is 5.60 Å². The van der Waals surface area contributed by atoms with E-state index in [1.807, 2.05) is 52.1 Å². The van der Waals surface area contributed by atoms with Crippen molar-refractivity contribution in [3.63, 3.8) is 0 Å². The van der Waals surface area contributed by atoms with Gasteiger partial charge >= 0.3 is 6.09 Å². The first-order valence-electron chi connectivity index (χ1n) is 9.52. The number of piperidine rings is 1. The van der Waals surface area contributed by atoms with Crippen LogP contribution in [0.25, 0.3) is 11.0 Å². The Morgan fingerprint density at radius 1 is 1.26 bits per heavy atom. The molecule has 1 amide bonds. The summed E-state index contributed by atoms with van der Waals surface area (Å²) in [6, 6.07) is 7.90. The van der Waals surface area contributed by atoms with Crippen molar-refractivity contribution in [2.45, 2.75) is 39.2 Å². The molecule has 0 radical (unpaired) electrons. The second kappa shape index (κ2) is 7.98. The number of anilines is 2. The van der Waals surface area contributed by atoms with Crippen molar-refractivity contribution >= 4 is 28.8 Å². The van der Waals surface area contributed by atoms with Crippen LogP contribution in [0.5, 0.6) is 0 Å². The monoisotopic (exact) mass is 371 g/mol. The van der Waals surface area contributed by atoms with Crippen molar-refractivity contribution in [3.8, 4) is 0 Å². The van der Waals surface area contributed by atoms with Crippen LogP contribution in [0.1, 0.15) is 33.6 Å². The van der Waals surface area contributed by atoms with E-state index in [-0.39, 0.29) is 6.09 Å². The number of hydrogen-bond donors (Lipinski definition) is 2. The molecule has 2 heterocycles. The maximum Gasteiger partial charge on any atom is 0.407 e. The van der Waals surface area contributed by atoms with Gasteiger partial charge in [-0.15, -0.1) is 0 Å². The van der Waals surface area contributed by atoms with Gasteiger partial charge in [0.2, 0.25) is 0 Å². The number of amides is 1. The molecule has 1 aliphatic heterocycles. The Morgan fingerprint density at radius 2 is 1.96 bits per heavy atom. The lowest BCUT2D eigenvalue weighted by molar-refractivity contribution is 0.0517. The highest BCUT2D eigenvalue weighted by atomic mass is 16.6. The van der Waals surface area contributed by atoms with Crippen molar-refractivity contribution in [1.82, 2.24) is 15.3 Å². The van der Waals surface area contributed by atoms with E-state index in [9.17, 15) is 4.79 Å². The minimum Gasteiger partial charge on any atom is -0.444 e. The van der Waals surface area contributed by atoms with Crippen molar-refractivity contribution in [1.29, 1.82) is 0 Å². The van der Waals surface area contributed by atoms with Crippen molar-refractivity contribution in [2.75, 3.05) is 36.9 Å². The minimum absolute atomic E-state index is 0.351. The summed E-state index contributed by atoms with van der Waals surface area (Å²) in [5.74, 6) is 2.01. The molecular weight excluding hydrogens is 342 g/mol. The zero-order valence-corrected chi connectivity index (χ0v) is 16.6. The molecule has 0 bridgehead atoms. The first kappa shape index (κ1) is 19.2. The molecule has 0 spiro atoms. The Labute approximate surface area is 160 Å². The molecule has 7 nitrogen and oxygen atoms in total. The van der Waals surface area contributed by atoms with Crippen LogP contribution < -0.4 is 15.5 Å². The van der Waals surface area contributed by atoms with Crippen LogP contribution in [0.4, 0.5) is 16.4 Å².